The average Bonchev–Trinajstić information content (AvgIpc) is 2.44. The van der Waals surface area contributed by atoms with Crippen molar-refractivity contribution in [1.29, 1.82) is 0 Å². The Hall–Kier alpha value is -0.860. The highest BCUT2D eigenvalue weighted by Crippen LogP contribution is 2.25. The lowest BCUT2D eigenvalue weighted by molar-refractivity contribution is -0.934. The van der Waals surface area contributed by atoms with Crippen molar-refractivity contribution in [2.45, 2.75) is 45.8 Å². The molecule has 18 heavy (non-hydrogen) atoms. The Morgan fingerprint density at radius 3 is 2.28 bits per heavy atom. The third-order valence-electron chi connectivity index (χ3n) is 4.33. The van der Waals surface area contributed by atoms with E-state index < -0.39 is 0 Å². The first kappa shape index (κ1) is 15.2. The molecule has 0 aliphatic heterocycles. The van der Waals surface area contributed by atoms with Gasteiger partial charge in [-0.2, -0.15) is 0 Å². The van der Waals surface area contributed by atoms with Gasteiger partial charge in [-0.3, -0.25) is 0 Å². The van der Waals surface area contributed by atoms with Crippen molar-refractivity contribution in [3.8, 4) is 0 Å². The summed E-state index contributed by atoms with van der Waals surface area (Å²) in [5, 5.41) is 10.5. The van der Waals surface area contributed by atoms with Crippen molar-refractivity contribution in [3.05, 3.63) is 35.9 Å². The molecule has 1 rings (SSSR count). The molecule has 102 valence electrons. The zero-order valence-corrected chi connectivity index (χ0v) is 12.3. The number of likely N-dealkylation sites (N-methyl/N-ethyl adjacent to an activating group) is 1. The number of rotatable bonds is 7. The highest BCUT2D eigenvalue weighted by Gasteiger charge is 2.33. The van der Waals surface area contributed by atoms with Gasteiger partial charge in [-0.25, -0.2) is 0 Å². The zero-order valence-electron chi connectivity index (χ0n) is 12.3. The summed E-state index contributed by atoms with van der Waals surface area (Å²) < 4.78 is 0.934. The van der Waals surface area contributed by atoms with E-state index in [0.29, 0.717) is 0 Å². The quantitative estimate of drug-likeness (QED) is 0.736. The van der Waals surface area contributed by atoms with Crippen LogP contribution >= 0.6 is 0 Å². The Bertz CT molecular complexity index is 338. The summed E-state index contributed by atoms with van der Waals surface area (Å²) in [6.45, 7) is 8.79. The molecule has 0 spiro atoms. The van der Waals surface area contributed by atoms with Crippen molar-refractivity contribution >= 4 is 0 Å². The van der Waals surface area contributed by atoms with E-state index in [4.69, 9.17) is 0 Å². The van der Waals surface area contributed by atoms with E-state index in [1.807, 2.05) is 30.3 Å². The monoisotopic (exact) mass is 250 g/mol. The lowest BCUT2D eigenvalue weighted by Crippen LogP contribution is -2.53. The van der Waals surface area contributed by atoms with Gasteiger partial charge in [0.25, 0.3) is 0 Å². The van der Waals surface area contributed by atoms with Gasteiger partial charge in [-0.1, -0.05) is 43.7 Å². The number of quaternary nitrogens is 1. The molecule has 2 nitrogen and oxygen atoms in total. The van der Waals surface area contributed by atoms with Gasteiger partial charge in [-0.15, -0.1) is 0 Å². The first-order valence-corrected chi connectivity index (χ1v) is 7.12. The van der Waals surface area contributed by atoms with Crippen LogP contribution in [0.4, 0.5) is 0 Å². The first-order valence-electron chi connectivity index (χ1n) is 7.12. The Morgan fingerprint density at radius 2 is 1.78 bits per heavy atom. The predicted molar refractivity (Wildman–Crippen MR) is 77.4 cm³/mol. The van der Waals surface area contributed by atoms with Crippen LogP contribution in [0.3, 0.4) is 0 Å². The summed E-state index contributed by atoms with van der Waals surface area (Å²) in [6, 6.07) is 10.2. The summed E-state index contributed by atoms with van der Waals surface area (Å²) in [5.41, 5.74) is 1.03. The van der Waals surface area contributed by atoms with Crippen LogP contribution in [0, 0.1) is 0 Å². The lowest BCUT2D eigenvalue weighted by atomic mass is 10.00. The maximum Gasteiger partial charge on any atom is 0.130 e. The molecule has 0 aliphatic carbocycles. The van der Waals surface area contributed by atoms with E-state index in [0.717, 1.165) is 23.1 Å². The van der Waals surface area contributed by atoms with Gasteiger partial charge in [0.05, 0.1) is 20.1 Å². The highest BCUT2D eigenvalue weighted by atomic mass is 16.3. The first-order chi connectivity index (χ1) is 8.55. The molecule has 0 radical (unpaired) electrons. The molecule has 3 atom stereocenters. The van der Waals surface area contributed by atoms with Crippen LogP contribution in [0.1, 0.15) is 45.3 Å². The highest BCUT2D eigenvalue weighted by molar-refractivity contribution is 5.18. The van der Waals surface area contributed by atoms with E-state index in [1.54, 1.807) is 0 Å². The topological polar surface area (TPSA) is 20.2 Å². The normalized spacial score (nSPS) is 18.1. The molecule has 0 fully saturated rings. The van der Waals surface area contributed by atoms with Crippen LogP contribution in [-0.2, 0) is 0 Å². The molecule has 0 bridgehead atoms. The van der Waals surface area contributed by atoms with Gasteiger partial charge >= 0.3 is 0 Å². The minimum atomic E-state index is -0.381. The third kappa shape index (κ3) is 3.56. The van der Waals surface area contributed by atoms with E-state index in [-0.39, 0.29) is 12.1 Å². The molecule has 0 aliphatic rings. The van der Waals surface area contributed by atoms with E-state index in [1.165, 1.54) is 12.8 Å². The summed E-state index contributed by atoms with van der Waals surface area (Å²) >= 11 is 0. The van der Waals surface area contributed by atoms with Gasteiger partial charge < -0.3 is 9.59 Å². The fourth-order valence-electron chi connectivity index (χ4n) is 2.44. The van der Waals surface area contributed by atoms with Gasteiger partial charge in [0.1, 0.15) is 12.1 Å². The molecular weight excluding hydrogens is 222 g/mol. The molecule has 1 N–H and O–H groups in total. The standard InChI is InChI=1S/C16H28NO/c1-5-7-13-17(4,6-2)14(3)16(18)15-11-9-8-10-12-15/h8-12,14,16,18H,5-7,13H2,1-4H3/q+1. The smallest absolute Gasteiger partial charge is 0.130 e. The van der Waals surface area contributed by atoms with Gasteiger partial charge in [0.2, 0.25) is 0 Å². The van der Waals surface area contributed by atoms with Crippen molar-refractivity contribution in [1.82, 2.24) is 0 Å². The average molecular weight is 250 g/mol. The molecule has 0 amide bonds. The molecule has 0 saturated carbocycles. The van der Waals surface area contributed by atoms with E-state index in [2.05, 4.69) is 27.8 Å². The second kappa shape index (κ2) is 6.91. The maximum atomic E-state index is 10.5. The largest absolute Gasteiger partial charge is 0.382 e. The van der Waals surface area contributed by atoms with Gasteiger partial charge in [0, 0.05) is 0 Å². The summed E-state index contributed by atoms with van der Waals surface area (Å²) in [4.78, 5) is 0. The SMILES string of the molecule is CCCC[N+](C)(CC)C(C)C(O)c1ccccc1. The summed E-state index contributed by atoms with van der Waals surface area (Å²) in [7, 11) is 2.26. The number of benzene rings is 1. The molecule has 1 aromatic rings. The van der Waals surface area contributed by atoms with Crippen LogP contribution < -0.4 is 0 Å². The number of aliphatic hydroxyl groups excluding tert-OH is 1. The number of hydrogen-bond acceptors (Lipinski definition) is 1. The Balaban J connectivity index is 2.80. The van der Waals surface area contributed by atoms with Crippen LogP contribution in [0.25, 0.3) is 0 Å². The minimum Gasteiger partial charge on any atom is -0.382 e. The maximum absolute atomic E-state index is 10.5. The van der Waals surface area contributed by atoms with E-state index in [9.17, 15) is 5.11 Å². The molecule has 2 heteroatoms. The molecule has 0 aromatic heterocycles. The zero-order chi connectivity index (χ0) is 13.6. The second-order valence-corrected chi connectivity index (χ2v) is 5.47. The van der Waals surface area contributed by atoms with Crippen molar-refractivity contribution in [2.24, 2.45) is 0 Å². The number of hydrogen-bond donors (Lipinski definition) is 1. The van der Waals surface area contributed by atoms with Crippen LogP contribution in [0.2, 0.25) is 0 Å². The summed E-state index contributed by atoms with van der Waals surface area (Å²) in [5.74, 6) is 0. The van der Waals surface area contributed by atoms with Crippen molar-refractivity contribution in [3.63, 3.8) is 0 Å². The molecular formula is C16H28NO+. The number of aliphatic hydroxyl groups is 1. The van der Waals surface area contributed by atoms with Crippen LogP contribution in [0.15, 0.2) is 30.3 Å². The van der Waals surface area contributed by atoms with Crippen molar-refractivity contribution < 1.29 is 9.59 Å². The Morgan fingerprint density at radius 1 is 1.17 bits per heavy atom. The minimum absolute atomic E-state index is 0.226. The summed E-state index contributed by atoms with van der Waals surface area (Å²) in [6.07, 6.45) is 2.05. The fraction of sp³-hybridized carbons (Fsp3) is 0.625. The molecule has 0 heterocycles. The molecule has 3 unspecified atom stereocenters. The third-order valence-corrected chi connectivity index (χ3v) is 4.33. The van der Waals surface area contributed by atoms with Crippen LogP contribution in [0.5, 0.6) is 0 Å². The van der Waals surface area contributed by atoms with E-state index >= 15 is 0 Å². The Labute approximate surface area is 112 Å². The Kier molecular flexibility index (Phi) is 5.83. The van der Waals surface area contributed by atoms with Crippen LogP contribution in [-0.4, -0.2) is 35.8 Å². The molecule has 1 aromatic carbocycles. The lowest BCUT2D eigenvalue weighted by Gasteiger charge is -2.41. The fourth-order valence-corrected chi connectivity index (χ4v) is 2.44. The number of nitrogens with zero attached hydrogens (tertiary/aromatic N) is 1. The number of unbranched alkanes of at least 4 members (excludes halogenated alkanes) is 1. The second-order valence-electron chi connectivity index (χ2n) is 5.47. The van der Waals surface area contributed by atoms with Crippen molar-refractivity contribution in [2.75, 3.05) is 20.1 Å². The predicted octanol–water partition coefficient (Wildman–Crippen LogP) is 3.38. The van der Waals surface area contributed by atoms with Gasteiger partial charge in [-0.05, 0) is 25.8 Å². The molecule has 0 saturated heterocycles. The van der Waals surface area contributed by atoms with Gasteiger partial charge in [0.15, 0.2) is 0 Å².